The quantitative estimate of drug-likeness (QED) is 0.886. The highest BCUT2D eigenvalue weighted by atomic mass is 35.5. The molecule has 19 heavy (non-hydrogen) atoms. The number of anilines is 2. The molecule has 1 aromatic heterocycles. The van der Waals surface area contributed by atoms with E-state index in [1.54, 1.807) is 24.7 Å². The fraction of sp³-hybridized carbons (Fsp3) is 0.214. The van der Waals surface area contributed by atoms with Crippen molar-refractivity contribution in [3.63, 3.8) is 0 Å². The Kier molecular flexibility index (Phi) is 4.12. The van der Waals surface area contributed by atoms with Gasteiger partial charge in [0.05, 0.1) is 29.3 Å². The number of carbonyl (C=O) groups is 1. The number of furan rings is 1. The van der Waals surface area contributed by atoms with Gasteiger partial charge in [-0.2, -0.15) is 0 Å². The van der Waals surface area contributed by atoms with E-state index in [1.807, 2.05) is 19.1 Å². The first-order chi connectivity index (χ1) is 9.06. The van der Waals surface area contributed by atoms with Crippen LogP contribution in [0.15, 0.2) is 41.2 Å². The van der Waals surface area contributed by atoms with Crippen molar-refractivity contribution in [3.05, 3.63) is 47.4 Å². The average Bonchev–Trinajstić information content (AvgIpc) is 2.86. The first kappa shape index (κ1) is 13.5. The number of amides is 1. The number of benzene rings is 1. The Morgan fingerprint density at radius 2 is 2.16 bits per heavy atom. The van der Waals surface area contributed by atoms with Crippen molar-refractivity contribution in [1.29, 1.82) is 0 Å². The predicted octanol–water partition coefficient (Wildman–Crippen LogP) is 4.06. The Morgan fingerprint density at radius 3 is 2.74 bits per heavy atom. The summed E-state index contributed by atoms with van der Waals surface area (Å²) in [5.74, 6) is -0.144. The molecule has 5 heteroatoms. The van der Waals surface area contributed by atoms with Crippen LogP contribution in [-0.4, -0.2) is 5.91 Å². The highest BCUT2D eigenvalue weighted by molar-refractivity contribution is 6.34. The molecule has 1 unspecified atom stereocenters. The lowest BCUT2D eigenvalue weighted by molar-refractivity contribution is -0.114. The van der Waals surface area contributed by atoms with Gasteiger partial charge in [0.25, 0.3) is 0 Å². The highest BCUT2D eigenvalue weighted by Crippen LogP contribution is 2.27. The number of hydrogen-bond donors (Lipinski definition) is 2. The fourth-order valence-corrected chi connectivity index (χ4v) is 1.98. The van der Waals surface area contributed by atoms with Crippen molar-refractivity contribution >= 4 is 28.9 Å². The lowest BCUT2D eigenvalue weighted by Crippen LogP contribution is -2.08. The fourth-order valence-electron chi connectivity index (χ4n) is 1.75. The van der Waals surface area contributed by atoms with E-state index in [1.165, 1.54) is 6.92 Å². The third-order valence-corrected chi connectivity index (χ3v) is 3.02. The predicted molar refractivity (Wildman–Crippen MR) is 76.5 cm³/mol. The van der Waals surface area contributed by atoms with E-state index in [0.29, 0.717) is 10.7 Å². The minimum absolute atomic E-state index is 0.112. The minimum atomic E-state index is -0.144. The van der Waals surface area contributed by atoms with Crippen molar-refractivity contribution in [1.82, 2.24) is 0 Å². The van der Waals surface area contributed by atoms with Crippen LogP contribution in [0.1, 0.15) is 25.5 Å². The third-order valence-electron chi connectivity index (χ3n) is 2.71. The summed E-state index contributed by atoms with van der Waals surface area (Å²) in [6.45, 7) is 3.48. The monoisotopic (exact) mass is 278 g/mol. The molecule has 4 nitrogen and oxygen atoms in total. The van der Waals surface area contributed by atoms with Gasteiger partial charge >= 0.3 is 0 Å². The Labute approximate surface area is 116 Å². The molecule has 100 valence electrons. The second kappa shape index (κ2) is 5.80. The molecular formula is C14H15ClN2O2. The Morgan fingerprint density at radius 1 is 1.37 bits per heavy atom. The number of carbonyl (C=O) groups excluding carboxylic acids is 1. The smallest absolute Gasteiger partial charge is 0.221 e. The third kappa shape index (κ3) is 3.51. The van der Waals surface area contributed by atoms with Gasteiger partial charge in [0, 0.05) is 18.2 Å². The molecule has 2 rings (SSSR count). The Hall–Kier alpha value is -1.94. The van der Waals surface area contributed by atoms with E-state index in [9.17, 15) is 4.79 Å². The molecule has 0 spiro atoms. The molecule has 1 heterocycles. The van der Waals surface area contributed by atoms with E-state index < -0.39 is 0 Å². The van der Waals surface area contributed by atoms with Gasteiger partial charge in [-0.05, 0) is 31.2 Å². The van der Waals surface area contributed by atoms with Crippen LogP contribution in [0.25, 0.3) is 0 Å². The van der Waals surface area contributed by atoms with Crippen LogP contribution < -0.4 is 10.6 Å². The van der Waals surface area contributed by atoms with Crippen LogP contribution in [0.3, 0.4) is 0 Å². The van der Waals surface area contributed by atoms with Crippen molar-refractivity contribution in [2.45, 2.75) is 19.9 Å². The Bertz CT molecular complexity index is 567. The van der Waals surface area contributed by atoms with E-state index in [2.05, 4.69) is 10.6 Å². The summed E-state index contributed by atoms with van der Waals surface area (Å²) in [5.41, 5.74) is 2.55. The lowest BCUT2D eigenvalue weighted by atomic mass is 10.1. The maximum absolute atomic E-state index is 11.0. The van der Waals surface area contributed by atoms with Crippen LogP contribution in [0.4, 0.5) is 11.4 Å². The number of rotatable bonds is 4. The van der Waals surface area contributed by atoms with Crippen LogP contribution in [-0.2, 0) is 4.79 Å². The summed E-state index contributed by atoms with van der Waals surface area (Å²) in [4.78, 5) is 11.0. The average molecular weight is 279 g/mol. The molecule has 1 atom stereocenters. The van der Waals surface area contributed by atoms with Gasteiger partial charge in [0.15, 0.2) is 0 Å². The van der Waals surface area contributed by atoms with Crippen LogP contribution in [0.2, 0.25) is 5.02 Å². The van der Waals surface area contributed by atoms with Crippen molar-refractivity contribution in [2.75, 3.05) is 10.6 Å². The molecular weight excluding hydrogens is 264 g/mol. The number of hydrogen-bond acceptors (Lipinski definition) is 3. The zero-order chi connectivity index (χ0) is 13.8. The van der Waals surface area contributed by atoms with Crippen molar-refractivity contribution in [3.8, 4) is 0 Å². The van der Waals surface area contributed by atoms with Gasteiger partial charge in [-0.25, -0.2) is 0 Å². The maximum Gasteiger partial charge on any atom is 0.221 e. The van der Waals surface area contributed by atoms with Gasteiger partial charge < -0.3 is 15.1 Å². The van der Waals surface area contributed by atoms with Crippen molar-refractivity contribution < 1.29 is 9.21 Å². The summed E-state index contributed by atoms with van der Waals surface area (Å²) >= 11 is 6.11. The standard InChI is InChI=1S/C14H15ClN2O2/c1-9(11-5-6-19-8-11)16-12-3-4-14(13(15)7-12)17-10(2)18/h3-9,16H,1-2H3,(H,17,18). The first-order valence-corrected chi connectivity index (χ1v) is 6.30. The molecule has 0 saturated carbocycles. The van der Waals surface area contributed by atoms with Crippen LogP contribution in [0, 0.1) is 0 Å². The molecule has 0 aliphatic heterocycles. The largest absolute Gasteiger partial charge is 0.472 e. The van der Waals surface area contributed by atoms with Crippen molar-refractivity contribution in [2.24, 2.45) is 0 Å². The molecule has 1 amide bonds. The molecule has 0 aliphatic rings. The zero-order valence-corrected chi connectivity index (χ0v) is 11.5. The van der Waals surface area contributed by atoms with Crippen LogP contribution in [0.5, 0.6) is 0 Å². The highest BCUT2D eigenvalue weighted by Gasteiger charge is 2.08. The summed E-state index contributed by atoms with van der Waals surface area (Å²) in [5, 5.41) is 6.48. The topological polar surface area (TPSA) is 54.3 Å². The van der Waals surface area contributed by atoms with E-state index >= 15 is 0 Å². The maximum atomic E-state index is 11.0. The van der Waals surface area contributed by atoms with Gasteiger partial charge in [-0.15, -0.1) is 0 Å². The molecule has 2 N–H and O–H groups in total. The van der Waals surface area contributed by atoms with Gasteiger partial charge in [0.1, 0.15) is 0 Å². The summed E-state index contributed by atoms with van der Waals surface area (Å²) in [6, 6.07) is 7.44. The summed E-state index contributed by atoms with van der Waals surface area (Å²) in [7, 11) is 0. The molecule has 0 fully saturated rings. The van der Waals surface area contributed by atoms with E-state index in [-0.39, 0.29) is 11.9 Å². The first-order valence-electron chi connectivity index (χ1n) is 5.92. The van der Waals surface area contributed by atoms with Gasteiger partial charge in [-0.3, -0.25) is 4.79 Å². The van der Waals surface area contributed by atoms with E-state index in [4.69, 9.17) is 16.0 Å². The van der Waals surface area contributed by atoms with Crippen LogP contribution >= 0.6 is 11.6 Å². The normalized spacial score (nSPS) is 11.9. The SMILES string of the molecule is CC(=O)Nc1ccc(NC(C)c2ccoc2)cc1Cl. The number of nitrogens with one attached hydrogen (secondary N) is 2. The summed E-state index contributed by atoms with van der Waals surface area (Å²) < 4.78 is 5.05. The lowest BCUT2D eigenvalue weighted by Gasteiger charge is -2.15. The minimum Gasteiger partial charge on any atom is -0.472 e. The molecule has 0 saturated heterocycles. The van der Waals surface area contributed by atoms with E-state index in [0.717, 1.165) is 11.3 Å². The van der Waals surface area contributed by atoms with Gasteiger partial charge in [-0.1, -0.05) is 11.6 Å². The molecule has 0 radical (unpaired) electrons. The molecule has 0 bridgehead atoms. The second-order valence-electron chi connectivity index (χ2n) is 4.30. The molecule has 0 aliphatic carbocycles. The summed E-state index contributed by atoms with van der Waals surface area (Å²) in [6.07, 6.45) is 3.34. The number of halogens is 1. The molecule has 1 aromatic carbocycles. The zero-order valence-electron chi connectivity index (χ0n) is 10.7. The Balaban J connectivity index is 2.10. The molecule has 2 aromatic rings. The second-order valence-corrected chi connectivity index (χ2v) is 4.71. The van der Waals surface area contributed by atoms with Gasteiger partial charge in [0.2, 0.25) is 5.91 Å².